The second kappa shape index (κ2) is 7.08. The van der Waals surface area contributed by atoms with E-state index in [-0.39, 0.29) is 5.54 Å². The molecule has 0 unspecified atom stereocenters. The zero-order chi connectivity index (χ0) is 15.5. The van der Waals surface area contributed by atoms with E-state index >= 15 is 0 Å². The maximum atomic E-state index is 3.88. The van der Waals surface area contributed by atoms with Crippen molar-refractivity contribution in [2.24, 2.45) is 0 Å². The van der Waals surface area contributed by atoms with Crippen LogP contribution in [0.15, 0.2) is 35.3 Å². The van der Waals surface area contributed by atoms with E-state index in [9.17, 15) is 0 Å². The fraction of sp³-hybridized carbons (Fsp3) is 0.556. The van der Waals surface area contributed by atoms with Crippen molar-refractivity contribution in [3.8, 4) is 0 Å². The smallest absolute Gasteiger partial charge is 0.0253 e. The van der Waals surface area contributed by atoms with E-state index in [1.807, 2.05) is 6.08 Å². The van der Waals surface area contributed by atoms with Crippen LogP contribution < -0.4 is 5.32 Å². The largest absolute Gasteiger partial charge is 0.310 e. The minimum Gasteiger partial charge on any atom is -0.310 e. The Hall–Kier alpha value is -0.640. The Morgan fingerprint density at radius 3 is 2.62 bits per heavy atom. The molecule has 0 spiro atoms. The van der Waals surface area contributed by atoms with Crippen molar-refractivity contribution in [3.05, 3.63) is 46.5 Å². The first-order valence-electron chi connectivity index (χ1n) is 7.77. The fourth-order valence-corrected chi connectivity index (χ4v) is 2.87. The van der Waals surface area contributed by atoms with E-state index in [4.69, 9.17) is 0 Å². The lowest BCUT2D eigenvalue weighted by Gasteiger charge is -2.35. The van der Waals surface area contributed by atoms with Gasteiger partial charge >= 0.3 is 0 Å². The molecular formula is C18H27BrN2. The van der Waals surface area contributed by atoms with E-state index in [1.54, 1.807) is 0 Å². The van der Waals surface area contributed by atoms with Gasteiger partial charge in [-0.05, 0) is 50.8 Å². The van der Waals surface area contributed by atoms with Crippen LogP contribution in [-0.2, 0) is 13.1 Å². The average molecular weight is 351 g/mol. The SMILES string of the molecule is C=CCN(Cc1ccc(CNC2CC2)cc1Br)C(C)(C)C. The van der Waals surface area contributed by atoms with Crippen LogP contribution >= 0.6 is 15.9 Å². The molecule has 1 aliphatic rings. The molecule has 0 aromatic heterocycles. The lowest BCUT2D eigenvalue weighted by Crippen LogP contribution is -2.40. The van der Waals surface area contributed by atoms with Crippen LogP contribution in [0.5, 0.6) is 0 Å². The highest BCUT2D eigenvalue weighted by molar-refractivity contribution is 9.10. The van der Waals surface area contributed by atoms with Crippen molar-refractivity contribution < 1.29 is 0 Å². The summed E-state index contributed by atoms with van der Waals surface area (Å²) in [5.41, 5.74) is 2.82. The quantitative estimate of drug-likeness (QED) is 0.729. The predicted molar refractivity (Wildman–Crippen MR) is 94.4 cm³/mol. The van der Waals surface area contributed by atoms with Gasteiger partial charge in [-0.15, -0.1) is 6.58 Å². The summed E-state index contributed by atoms with van der Waals surface area (Å²) < 4.78 is 1.20. The molecule has 0 bridgehead atoms. The van der Waals surface area contributed by atoms with Gasteiger partial charge in [0.05, 0.1) is 0 Å². The van der Waals surface area contributed by atoms with Crippen molar-refractivity contribution in [1.29, 1.82) is 0 Å². The third-order valence-corrected chi connectivity index (χ3v) is 4.69. The first-order valence-corrected chi connectivity index (χ1v) is 8.56. The normalized spacial score (nSPS) is 15.5. The maximum Gasteiger partial charge on any atom is 0.0253 e. The van der Waals surface area contributed by atoms with Crippen molar-refractivity contribution in [2.45, 2.75) is 58.3 Å². The molecule has 2 nitrogen and oxygen atoms in total. The second-order valence-electron chi connectivity index (χ2n) is 6.92. The number of hydrogen-bond acceptors (Lipinski definition) is 2. The van der Waals surface area contributed by atoms with E-state index in [2.05, 4.69) is 71.7 Å². The van der Waals surface area contributed by atoms with Crippen LogP contribution in [0.1, 0.15) is 44.7 Å². The minimum absolute atomic E-state index is 0.139. The van der Waals surface area contributed by atoms with E-state index in [0.29, 0.717) is 0 Å². The summed E-state index contributed by atoms with van der Waals surface area (Å²) in [7, 11) is 0. The Kier molecular flexibility index (Phi) is 5.64. The first-order chi connectivity index (χ1) is 9.90. The van der Waals surface area contributed by atoms with Crippen LogP contribution in [-0.4, -0.2) is 23.0 Å². The molecule has 0 aliphatic heterocycles. The molecule has 116 valence electrons. The highest BCUT2D eigenvalue weighted by Crippen LogP contribution is 2.25. The van der Waals surface area contributed by atoms with Crippen molar-refractivity contribution in [3.63, 3.8) is 0 Å². The van der Waals surface area contributed by atoms with E-state index < -0.39 is 0 Å². The summed E-state index contributed by atoms with van der Waals surface area (Å²) in [5.74, 6) is 0. The molecule has 1 aromatic carbocycles. The molecule has 1 aromatic rings. The van der Waals surface area contributed by atoms with Gasteiger partial charge < -0.3 is 5.32 Å². The van der Waals surface area contributed by atoms with Crippen LogP contribution in [0, 0.1) is 0 Å². The molecule has 2 rings (SSSR count). The predicted octanol–water partition coefficient (Wildman–Crippen LogP) is 4.49. The third-order valence-electron chi connectivity index (χ3n) is 3.95. The minimum atomic E-state index is 0.139. The molecule has 0 amide bonds. The maximum absolute atomic E-state index is 3.88. The van der Waals surface area contributed by atoms with Crippen LogP contribution in [0.2, 0.25) is 0 Å². The number of benzene rings is 1. The summed E-state index contributed by atoms with van der Waals surface area (Å²) in [6.45, 7) is 13.4. The Morgan fingerprint density at radius 2 is 2.10 bits per heavy atom. The first kappa shape index (κ1) is 16.7. The van der Waals surface area contributed by atoms with Gasteiger partial charge in [0.2, 0.25) is 0 Å². The van der Waals surface area contributed by atoms with Crippen LogP contribution in [0.4, 0.5) is 0 Å². The summed E-state index contributed by atoms with van der Waals surface area (Å²) in [6.07, 6.45) is 4.65. The summed E-state index contributed by atoms with van der Waals surface area (Å²) in [5, 5.41) is 3.56. The molecule has 0 radical (unpaired) electrons. The number of halogens is 1. The highest BCUT2D eigenvalue weighted by Gasteiger charge is 2.22. The van der Waals surface area contributed by atoms with Gasteiger partial charge in [-0.25, -0.2) is 0 Å². The Bertz CT molecular complexity index is 486. The van der Waals surface area contributed by atoms with E-state index in [0.717, 1.165) is 25.7 Å². The van der Waals surface area contributed by atoms with Gasteiger partial charge in [-0.1, -0.05) is 34.1 Å². The van der Waals surface area contributed by atoms with Crippen LogP contribution in [0.25, 0.3) is 0 Å². The molecular weight excluding hydrogens is 324 g/mol. The molecule has 1 saturated carbocycles. The van der Waals surface area contributed by atoms with Gasteiger partial charge in [0.1, 0.15) is 0 Å². The number of hydrogen-bond donors (Lipinski definition) is 1. The number of nitrogens with one attached hydrogen (secondary N) is 1. The number of nitrogens with zero attached hydrogens (tertiary/aromatic N) is 1. The van der Waals surface area contributed by atoms with Crippen molar-refractivity contribution in [1.82, 2.24) is 10.2 Å². The molecule has 0 heterocycles. The number of rotatable bonds is 7. The average Bonchev–Trinajstić information content (AvgIpc) is 3.21. The van der Waals surface area contributed by atoms with Crippen LogP contribution in [0.3, 0.4) is 0 Å². The zero-order valence-corrected chi connectivity index (χ0v) is 15.0. The van der Waals surface area contributed by atoms with Gasteiger partial charge in [0, 0.05) is 35.7 Å². The third kappa shape index (κ3) is 5.24. The van der Waals surface area contributed by atoms with E-state index in [1.165, 1.54) is 28.4 Å². The Morgan fingerprint density at radius 1 is 1.38 bits per heavy atom. The summed E-state index contributed by atoms with van der Waals surface area (Å²) in [6, 6.07) is 7.49. The zero-order valence-electron chi connectivity index (χ0n) is 13.5. The summed E-state index contributed by atoms with van der Waals surface area (Å²) >= 11 is 3.74. The standard InChI is InChI=1S/C18H27BrN2/c1-5-10-21(18(2,3)4)13-15-7-6-14(11-17(15)19)12-20-16-8-9-16/h5-7,11,16,20H,1,8-10,12-13H2,2-4H3. The lowest BCUT2D eigenvalue weighted by atomic mass is 10.0. The van der Waals surface area contributed by atoms with Gasteiger partial charge in [0.25, 0.3) is 0 Å². The van der Waals surface area contributed by atoms with Crippen molar-refractivity contribution >= 4 is 15.9 Å². The summed E-state index contributed by atoms with van der Waals surface area (Å²) in [4.78, 5) is 2.43. The van der Waals surface area contributed by atoms with Gasteiger partial charge in [-0.2, -0.15) is 0 Å². The van der Waals surface area contributed by atoms with Gasteiger partial charge in [0.15, 0.2) is 0 Å². The fourth-order valence-electron chi connectivity index (χ4n) is 2.32. The monoisotopic (exact) mass is 350 g/mol. The Labute approximate surface area is 137 Å². The molecule has 1 N–H and O–H groups in total. The molecule has 1 aliphatic carbocycles. The second-order valence-corrected chi connectivity index (χ2v) is 7.78. The molecule has 1 fully saturated rings. The highest BCUT2D eigenvalue weighted by atomic mass is 79.9. The molecule has 0 atom stereocenters. The van der Waals surface area contributed by atoms with Crippen molar-refractivity contribution in [2.75, 3.05) is 6.54 Å². The van der Waals surface area contributed by atoms with Gasteiger partial charge in [-0.3, -0.25) is 4.90 Å². The molecule has 3 heteroatoms. The molecule has 0 saturated heterocycles. The lowest BCUT2D eigenvalue weighted by molar-refractivity contribution is 0.145. The molecule has 21 heavy (non-hydrogen) atoms. The Balaban J connectivity index is 2.02. The topological polar surface area (TPSA) is 15.3 Å².